The van der Waals surface area contributed by atoms with Gasteiger partial charge in [0.1, 0.15) is 5.60 Å². The third kappa shape index (κ3) is 13.1. The first kappa shape index (κ1) is 31.4. The van der Waals surface area contributed by atoms with Crippen LogP contribution >= 0.6 is 0 Å². The molecule has 210 valence electrons. The maximum absolute atomic E-state index is 13.6. The van der Waals surface area contributed by atoms with Gasteiger partial charge in [-0.2, -0.15) is 0 Å². The van der Waals surface area contributed by atoms with E-state index in [2.05, 4.69) is 65.7 Å². The molecule has 0 saturated heterocycles. The molecule has 2 amide bonds. The smallest absolute Gasteiger partial charge is 0.407 e. The van der Waals surface area contributed by atoms with E-state index in [1.807, 2.05) is 32.9 Å². The summed E-state index contributed by atoms with van der Waals surface area (Å²) in [6, 6.07) is 20.8. The number of carbonyl (C=O) groups excluding carboxylic acids is 2. The predicted molar refractivity (Wildman–Crippen MR) is 157 cm³/mol. The lowest BCUT2D eigenvalue weighted by Crippen LogP contribution is -2.34. The van der Waals surface area contributed by atoms with E-state index in [9.17, 15) is 9.59 Å². The number of nitrogens with one attached hydrogen (secondary N) is 1. The monoisotopic (exact) mass is 522 g/mol. The van der Waals surface area contributed by atoms with Crippen LogP contribution in [0.2, 0.25) is 0 Å². The number of nitrogens with zero attached hydrogens (tertiary/aromatic N) is 1. The number of hydrogen-bond donors (Lipinski definition) is 1. The summed E-state index contributed by atoms with van der Waals surface area (Å²) >= 11 is 0. The lowest BCUT2D eigenvalue weighted by atomic mass is 9.88. The molecule has 0 atom stereocenters. The van der Waals surface area contributed by atoms with Gasteiger partial charge in [-0.05, 0) is 51.2 Å². The summed E-state index contributed by atoms with van der Waals surface area (Å²) < 4.78 is 5.29. The molecular formula is C33H50N2O3. The number of benzene rings is 2. The van der Waals surface area contributed by atoms with Crippen molar-refractivity contribution in [1.29, 1.82) is 0 Å². The van der Waals surface area contributed by atoms with Crippen molar-refractivity contribution in [2.75, 3.05) is 19.6 Å². The molecule has 0 spiro atoms. The summed E-state index contributed by atoms with van der Waals surface area (Å²) in [4.78, 5) is 27.5. The van der Waals surface area contributed by atoms with Gasteiger partial charge in [-0.3, -0.25) is 4.79 Å². The van der Waals surface area contributed by atoms with Gasteiger partial charge in [-0.15, -0.1) is 0 Å². The molecule has 38 heavy (non-hydrogen) atoms. The molecule has 0 heterocycles. The highest BCUT2D eigenvalue weighted by molar-refractivity contribution is 5.77. The largest absolute Gasteiger partial charge is 0.444 e. The first-order valence-electron chi connectivity index (χ1n) is 14.6. The second-order valence-corrected chi connectivity index (χ2v) is 11.2. The Labute approximate surface area is 231 Å². The predicted octanol–water partition coefficient (Wildman–Crippen LogP) is 8.09. The van der Waals surface area contributed by atoms with Crippen LogP contribution in [0.15, 0.2) is 60.7 Å². The fraction of sp³-hybridized carbons (Fsp3) is 0.576. The van der Waals surface area contributed by atoms with Gasteiger partial charge in [0.25, 0.3) is 0 Å². The van der Waals surface area contributed by atoms with Crippen LogP contribution in [0, 0.1) is 0 Å². The van der Waals surface area contributed by atoms with Crippen molar-refractivity contribution in [2.24, 2.45) is 0 Å². The molecule has 0 unspecified atom stereocenters. The number of ether oxygens (including phenoxy) is 1. The highest BCUT2D eigenvalue weighted by Gasteiger charge is 2.22. The average molecular weight is 523 g/mol. The number of unbranched alkanes of at least 4 members (excludes halogenated alkanes) is 7. The number of hydrogen-bond acceptors (Lipinski definition) is 3. The second kappa shape index (κ2) is 17.6. The summed E-state index contributed by atoms with van der Waals surface area (Å²) in [5, 5.41) is 2.83. The number of amides is 2. The van der Waals surface area contributed by atoms with Crippen molar-refractivity contribution >= 4 is 12.0 Å². The topological polar surface area (TPSA) is 58.6 Å². The normalized spacial score (nSPS) is 11.4. The third-order valence-corrected chi connectivity index (χ3v) is 6.69. The molecule has 0 aliphatic rings. The maximum Gasteiger partial charge on any atom is 0.407 e. The molecule has 0 aliphatic carbocycles. The van der Waals surface area contributed by atoms with Crippen molar-refractivity contribution in [3.63, 3.8) is 0 Å². The van der Waals surface area contributed by atoms with Gasteiger partial charge in [0.15, 0.2) is 0 Å². The van der Waals surface area contributed by atoms with Crippen LogP contribution in [-0.4, -0.2) is 42.1 Å². The molecule has 0 fully saturated rings. The summed E-state index contributed by atoms with van der Waals surface area (Å²) in [6.07, 6.45) is 10.0. The quantitative estimate of drug-likeness (QED) is 0.214. The fourth-order valence-electron chi connectivity index (χ4n) is 4.66. The van der Waals surface area contributed by atoms with Crippen molar-refractivity contribution < 1.29 is 14.3 Å². The highest BCUT2D eigenvalue weighted by atomic mass is 16.6. The molecule has 5 nitrogen and oxygen atoms in total. The van der Waals surface area contributed by atoms with Crippen molar-refractivity contribution in [3.8, 4) is 0 Å². The molecule has 0 aromatic heterocycles. The summed E-state index contributed by atoms with van der Waals surface area (Å²) in [5.74, 6) is 0.302. The highest BCUT2D eigenvalue weighted by Crippen LogP contribution is 2.29. The molecule has 0 aliphatic heterocycles. The molecule has 2 rings (SSSR count). The van der Waals surface area contributed by atoms with Gasteiger partial charge in [0.05, 0.1) is 0 Å². The Balaban J connectivity index is 1.90. The zero-order valence-corrected chi connectivity index (χ0v) is 24.2. The van der Waals surface area contributed by atoms with Crippen LogP contribution in [0.25, 0.3) is 0 Å². The average Bonchev–Trinajstić information content (AvgIpc) is 2.89. The summed E-state index contributed by atoms with van der Waals surface area (Å²) in [5.41, 5.74) is 1.90. The Morgan fingerprint density at radius 3 is 1.76 bits per heavy atom. The van der Waals surface area contributed by atoms with Gasteiger partial charge in [0.2, 0.25) is 5.91 Å². The zero-order chi connectivity index (χ0) is 27.6. The lowest BCUT2D eigenvalue weighted by molar-refractivity contribution is -0.131. The maximum atomic E-state index is 13.6. The van der Waals surface area contributed by atoms with Crippen LogP contribution in [-0.2, 0) is 9.53 Å². The van der Waals surface area contributed by atoms with Gasteiger partial charge >= 0.3 is 6.09 Å². The van der Waals surface area contributed by atoms with Gasteiger partial charge in [-0.1, -0.05) is 106 Å². The first-order valence-corrected chi connectivity index (χ1v) is 14.6. The van der Waals surface area contributed by atoms with E-state index in [-0.39, 0.29) is 17.9 Å². The molecule has 5 heteroatoms. The van der Waals surface area contributed by atoms with Crippen LogP contribution in [0.1, 0.15) is 109 Å². The van der Waals surface area contributed by atoms with Crippen LogP contribution in [0.4, 0.5) is 4.79 Å². The van der Waals surface area contributed by atoms with Crippen molar-refractivity contribution in [2.45, 2.75) is 103 Å². The molecular weight excluding hydrogens is 472 g/mol. The summed E-state index contributed by atoms with van der Waals surface area (Å²) in [7, 11) is 0. The Kier molecular flexibility index (Phi) is 14.6. The Hall–Kier alpha value is -2.82. The van der Waals surface area contributed by atoms with E-state index >= 15 is 0 Å². The van der Waals surface area contributed by atoms with Gasteiger partial charge < -0.3 is 15.0 Å². The zero-order valence-electron chi connectivity index (χ0n) is 24.2. The first-order chi connectivity index (χ1) is 18.3. The van der Waals surface area contributed by atoms with Crippen LogP contribution in [0.3, 0.4) is 0 Å². The minimum absolute atomic E-state index is 0.0615. The number of carbonyl (C=O) groups is 2. The van der Waals surface area contributed by atoms with E-state index in [0.717, 1.165) is 45.2 Å². The second-order valence-electron chi connectivity index (χ2n) is 11.2. The van der Waals surface area contributed by atoms with Gasteiger partial charge in [-0.25, -0.2) is 4.79 Å². The molecule has 2 aromatic rings. The minimum atomic E-state index is -0.476. The van der Waals surface area contributed by atoms with E-state index in [0.29, 0.717) is 13.0 Å². The van der Waals surface area contributed by atoms with E-state index in [1.165, 1.54) is 36.8 Å². The van der Waals surface area contributed by atoms with E-state index < -0.39 is 5.60 Å². The summed E-state index contributed by atoms with van der Waals surface area (Å²) in [6.45, 7) is 10.1. The number of rotatable bonds is 17. The molecule has 1 N–H and O–H groups in total. The van der Waals surface area contributed by atoms with E-state index in [4.69, 9.17) is 4.74 Å². The molecule has 0 radical (unpaired) electrons. The Morgan fingerprint density at radius 2 is 1.26 bits per heavy atom. The van der Waals surface area contributed by atoms with Gasteiger partial charge in [0, 0.05) is 32.0 Å². The van der Waals surface area contributed by atoms with E-state index in [1.54, 1.807) is 0 Å². The van der Waals surface area contributed by atoms with Crippen LogP contribution < -0.4 is 5.32 Å². The van der Waals surface area contributed by atoms with Crippen LogP contribution in [0.5, 0.6) is 0 Å². The SMILES string of the molecule is CCCCCCCN(CCCCCCNC(=O)OC(C)(C)C)C(=O)CC(c1ccccc1)c1ccccc1. The molecule has 0 saturated carbocycles. The number of alkyl carbamates (subject to hydrolysis) is 1. The lowest BCUT2D eigenvalue weighted by Gasteiger charge is -2.26. The standard InChI is InChI=1S/C33H50N2O3/c1-5-6-7-9-18-25-35(26-19-10-8-17-24-34-32(37)38-33(2,3)4)31(36)27-30(28-20-13-11-14-21-28)29-22-15-12-16-23-29/h11-16,20-23,30H,5-10,17-19,24-27H2,1-4H3,(H,34,37). The molecule has 0 bridgehead atoms. The third-order valence-electron chi connectivity index (χ3n) is 6.69. The van der Waals surface area contributed by atoms with Crippen molar-refractivity contribution in [3.05, 3.63) is 71.8 Å². The Bertz CT molecular complexity index is 869. The minimum Gasteiger partial charge on any atom is -0.444 e. The van der Waals surface area contributed by atoms with Crippen molar-refractivity contribution in [1.82, 2.24) is 10.2 Å². The fourth-order valence-corrected chi connectivity index (χ4v) is 4.66. The Morgan fingerprint density at radius 1 is 0.763 bits per heavy atom. The molecule has 2 aromatic carbocycles.